The molecule has 0 saturated carbocycles. The van der Waals surface area contributed by atoms with Crippen LogP contribution in [0.25, 0.3) is 22.4 Å². The Morgan fingerprint density at radius 3 is 2.57 bits per heavy atom. The molecule has 3 aromatic rings. The van der Waals surface area contributed by atoms with E-state index < -0.39 is 0 Å². The topological polar surface area (TPSA) is 86.8 Å². The molecule has 0 aliphatic heterocycles. The van der Waals surface area contributed by atoms with E-state index in [9.17, 15) is 0 Å². The quantitative estimate of drug-likeness (QED) is 0.793. The maximum atomic E-state index is 5.65. The van der Waals surface area contributed by atoms with Gasteiger partial charge in [-0.15, -0.1) is 0 Å². The Hall–Kier alpha value is -2.76. The third-order valence-electron chi connectivity index (χ3n) is 3.02. The lowest BCUT2D eigenvalue weighted by Gasteiger charge is -2.07. The molecular formula is C15H15N5O. The molecule has 0 fully saturated rings. The van der Waals surface area contributed by atoms with Gasteiger partial charge in [-0.3, -0.25) is 0 Å². The second-order valence-electron chi connectivity index (χ2n) is 4.61. The lowest BCUT2D eigenvalue weighted by molar-refractivity contribution is 0.330. The molecule has 0 saturated heterocycles. The maximum Gasteiger partial charge on any atom is 0.247 e. The predicted molar refractivity (Wildman–Crippen MR) is 80.9 cm³/mol. The summed E-state index contributed by atoms with van der Waals surface area (Å²) in [5, 5.41) is 0. The average molecular weight is 281 g/mol. The van der Waals surface area contributed by atoms with Crippen LogP contribution >= 0.6 is 0 Å². The highest BCUT2D eigenvalue weighted by atomic mass is 16.5. The van der Waals surface area contributed by atoms with Crippen molar-refractivity contribution in [2.24, 2.45) is 0 Å². The number of nitrogen functional groups attached to an aromatic ring is 1. The van der Waals surface area contributed by atoms with Crippen molar-refractivity contribution in [1.82, 2.24) is 19.9 Å². The molecule has 2 aromatic heterocycles. The minimum Gasteiger partial charge on any atom is -0.476 e. The molecule has 1 aromatic carbocycles. The van der Waals surface area contributed by atoms with Crippen LogP contribution in [0.5, 0.6) is 5.88 Å². The number of aryl methyl sites for hydroxylation is 1. The molecule has 3 rings (SSSR count). The van der Waals surface area contributed by atoms with Gasteiger partial charge in [-0.1, -0.05) is 29.8 Å². The molecule has 6 nitrogen and oxygen atoms in total. The number of anilines is 1. The average Bonchev–Trinajstić information content (AvgIpc) is 2.48. The Morgan fingerprint density at radius 1 is 1.10 bits per heavy atom. The molecule has 0 radical (unpaired) electrons. The number of fused-ring (bicyclic) bond motifs is 1. The number of hydrogen-bond acceptors (Lipinski definition) is 6. The van der Waals surface area contributed by atoms with Gasteiger partial charge in [0.05, 0.1) is 18.5 Å². The lowest BCUT2D eigenvalue weighted by Crippen LogP contribution is -2.04. The SMILES string of the molecule is CCOc1nc(N)nc2ncc(-c3ccc(C)cc3)nc12. The number of aromatic nitrogens is 4. The summed E-state index contributed by atoms with van der Waals surface area (Å²) in [6.07, 6.45) is 1.68. The predicted octanol–water partition coefficient (Wildman–Crippen LogP) is 2.38. The van der Waals surface area contributed by atoms with Gasteiger partial charge in [-0.2, -0.15) is 9.97 Å². The van der Waals surface area contributed by atoms with Crippen LogP contribution in [-0.2, 0) is 0 Å². The molecule has 0 spiro atoms. The first kappa shape index (κ1) is 13.2. The van der Waals surface area contributed by atoms with Crippen LogP contribution in [0.3, 0.4) is 0 Å². The van der Waals surface area contributed by atoms with Crippen LogP contribution < -0.4 is 10.5 Å². The standard InChI is InChI=1S/C15H15N5O/c1-3-21-14-12-13(19-15(16)20-14)17-8-11(18-12)10-6-4-9(2)5-7-10/h4-8H,3H2,1-2H3,(H2,16,17,19,20). The Bertz CT molecular complexity index is 786. The van der Waals surface area contributed by atoms with Gasteiger partial charge in [-0.05, 0) is 13.8 Å². The van der Waals surface area contributed by atoms with E-state index >= 15 is 0 Å². The third kappa shape index (κ3) is 2.60. The molecule has 0 bridgehead atoms. The molecule has 2 N–H and O–H groups in total. The van der Waals surface area contributed by atoms with E-state index in [1.54, 1.807) is 6.20 Å². The zero-order valence-electron chi connectivity index (χ0n) is 11.9. The number of hydrogen-bond donors (Lipinski definition) is 1. The van der Waals surface area contributed by atoms with Gasteiger partial charge < -0.3 is 10.5 Å². The van der Waals surface area contributed by atoms with Gasteiger partial charge in [0, 0.05) is 5.56 Å². The van der Waals surface area contributed by atoms with Gasteiger partial charge >= 0.3 is 0 Å². The van der Waals surface area contributed by atoms with E-state index in [1.165, 1.54) is 5.56 Å². The van der Waals surface area contributed by atoms with E-state index in [0.717, 1.165) is 11.3 Å². The van der Waals surface area contributed by atoms with E-state index in [4.69, 9.17) is 10.5 Å². The molecule has 2 heterocycles. The molecular weight excluding hydrogens is 266 g/mol. The highest BCUT2D eigenvalue weighted by Gasteiger charge is 2.11. The van der Waals surface area contributed by atoms with E-state index in [1.807, 2.05) is 38.1 Å². The number of rotatable bonds is 3. The molecule has 0 unspecified atom stereocenters. The summed E-state index contributed by atoms with van der Waals surface area (Å²) in [7, 11) is 0. The van der Waals surface area contributed by atoms with Gasteiger partial charge in [0.25, 0.3) is 0 Å². The normalized spacial score (nSPS) is 10.8. The first-order chi connectivity index (χ1) is 10.2. The molecule has 106 valence electrons. The summed E-state index contributed by atoms with van der Waals surface area (Å²) in [4.78, 5) is 17.0. The van der Waals surface area contributed by atoms with Gasteiger partial charge in [0.15, 0.2) is 11.2 Å². The molecule has 0 aliphatic rings. The fourth-order valence-corrected chi connectivity index (χ4v) is 2.00. The van der Waals surface area contributed by atoms with Crippen molar-refractivity contribution in [2.45, 2.75) is 13.8 Å². The minimum atomic E-state index is 0.128. The minimum absolute atomic E-state index is 0.128. The molecule has 0 amide bonds. The van der Waals surface area contributed by atoms with Gasteiger partial charge in [0.2, 0.25) is 11.8 Å². The second-order valence-corrected chi connectivity index (χ2v) is 4.61. The van der Waals surface area contributed by atoms with Crippen molar-refractivity contribution in [3.05, 3.63) is 36.0 Å². The van der Waals surface area contributed by atoms with Crippen LogP contribution in [0.15, 0.2) is 30.5 Å². The highest BCUT2D eigenvalue weighted by Crippen LogP contribution is 2.24. The van der Waals surface area contributed by atoms with Crippen LogP contribution in [0.4, 0.5) is 5.95 Å². The summed E-state index contributed by atoms with van der Waals surface area (Å²) < 4.78 is 5.48. The Labute approximate surface area is 122 Å². The summed E-state index contributed by atoms with van der Waals surface area (Å²) in [5.74, 6) is 0.491. The molecule has 0 atom stereocenters. The first-order valence-electron chi connectivity index (χ1n) is 6.67. The van der Waals surface area contributed by atoms with Crippen molar-refractivity contribution >= 4 is 17.1 Å². The Morgan fingerprint density at radius 2 is 1.86 bits per heavy atom. The largest absolute Gasteiger partial charge is 0.476 e. The smallest absolute Gasteiger partial charge is 0.247 e. The van der Waals surface area contributed by atoms with Crippen LogP contribution in [-0.4, -0.2) is 26.5 Å². The lowest BCUT2D eigenvalue weighted by atomic mass is 10.1. The van der Waals surface area contributed by atoms with Crippen molar-refractivity contribution in [2.75, 3.05) is 12.3 Å². The van der Waals surface area contributed by atoms with Crippen LogP contribution in [0, 0.1) is 6.92 Å². The zero-order chi connectivity index (χ0) is 14.8. The summed E-state index contributed by atoms with van der Waals surface area (Å²) in [5.41, 5.74) is 9.52. The van der Waals surface area contributed by atoms with Crippen molar-refractivity contribution < 1.29 is 4.74 Å². The van der Waals surface area contributed by atoms with E-state index in [2.05, 4.69) is 19.9 Å². The molecule has 0 aliphatic carbocycles. The summed E-state index contributed by atoms with van der Waals surface area (Å²) >= 11 is 0. The fraction of sp³-hybridized carbons (Fsp3) is 0.200. The molecule has 21 heavy (non-hydrogen) atoms. The summed E-state index contributed by atoms with van der Waals surface area (Å²) in [6.45, 7) is 4.39. The Kier molecular flexibility index (Phi) is 3.35. The second kappa shape index (κ2) is 5.32. The monoisotopic (exact) mass is 281 g/mol. The number of ether oxygens (including phenoxy) is 1. The van der Waals surface area contributed by atoms with Crippen molar-refractivity contribution in [1.29, 1.82) is 0 Å². The van der Waals surface area contributed by atoms with Crippen molar-refractivity contribution in [3.8, 4) is 17.1 Å². The molecule has 6 heteroatoms. The number of nitrogens with two attached hydrogens (primary N) is 1. The van der Waals surface area contributed by atoms with Crippen LogP contribution in [0.1, 0.15) is 12.5 Å². The highest BCUT2D eigenvalue weighted by molar-refractivity contribution is 5.79. The van der Waals surface area contributed by atoms with Gasteiger partial charge in [-0.25, -0.2) is 9.97 Å². The number of benzene rings is 1. The maximum absolute atomic E-state index is 5.65. The zero-order valence-corrected chi connectivity index (χ0v) is 11.9. The summed E-state index contributed by atoms with van der Waals surface area (Å²) in [6, 6.07) is 8.07. The van der Waals surface area contributed by atoms with Crippen molar-refractivity contribution in [3.63, 3.8) is 0 Å². The Balaban J connectivity index is 2.16. The van der Waals surface area contributed by atoms with Gasteiger partial charge in [0.1, 0.15) is 0 Å². The van der Waals surface area contributed by atoms with E-state index in [0.29, 0.717) is 23.7 Å². The first-order valence-corrected chi connectivity index (χ1v) is 6.67. The van der Waals surface area contributed by atoms with Crippen LogP contribution in [0.2, 0.25) is 0 Å². The number of nitrogens with zero attached hydrogens (tertiary/aromatic N) is 4. The van der Waals surface area contributed by atoms with E-state index in [-0.39, 0.29) is 5.95 Å². The fourth-order valence-electron chi connectivity index (χ4n) is 2.00. The third-order valence-corrected chi connectivity index (χ3v) is 3.02.